The lowest BCUT2D eigenvalue weighted by Crippen LogP contribution is -2.38. The lowest BCUT2D eigenvalue weighted by Gasteiger charge is -2.11. The summed E-state index contributed by atoms with van der Waals surface area (Å²) in [5.41, 5.74) is 2.08. The molecule has 2 rings (SSSR count). The van der Waals surface area contributed by atoms with Crippen LogP contribution in [0, 0.1) is 0 Å². The lowest BCUT2D eigenvalue weighted by molar-refractivity contribution is 0.379. The summed E-state index contributed by atoms with van der Waals surface area (Å²) in [6.45, 7) is 6.11. The highest BCUT2D eigenvalue weighted by Gasteiger charge is 2.04. The molecule has 0 atom stereocenters. The van der Waals surface area contributed by atoms with Crippen LogP contribution in [0.2, 0.25) is 5.02 Å². The van der Waals surface area contributed by atoms with Crippen LogP contribution in [0.4, 0.5) is 0 Å². The average Bonchev–Trinajstić information content (AvgIpc) is 3.02. The molecular weight excluding hydrogens is 439 g/mol. The summed E-state index contributed by atoms with van der Waals surface area (Å²) in [4.78, 5) is 4.51. The number of aryl methyl sites for hydroxylation is 1. The first-order valence-electron chi connectivity index (χ1n) is 7.93. The second kappa shape index (κ2) is 11.3. The van der Waals surface area contributed by atoms with E-state index in [2.05, 4.69) is 20.8 Å². The molecule has 0 aliphatic heterocycles. The zero-order valence-electron chi connectivity index (χ0n) is 14.0. The normalized spacial score (nSPS) is 11.0. The molecule has 0 saturated carbocycles. The van der Waals surface area contributed by atoms with E-state index in [4.69, 9.17) is 16.1 Å². The van der Waals surface area contributed by atoms with Crippen LogP contribution in [0.15, 0.2) is 39.8 Å². The second-order valence-electron chi connectivity index (χ2n) is 5.10. The van der Waals surface area contributed by atoms with Gasteiger partial charge in [0.05, 0.1) is 5.69 Å². The third-order valence-electron chi connectivity index (χ3n) is 3.35. The summed E-state index contributed by atoms with van der Waals surface area (Å²) in [6, 6.07) is 9.82. The molecule has 7 heteroatoms. The summed E-state index contributed by atoms with van der Waals surface area (Å²) >= 11 is 6.16. The number of aromatic nitrogens is 1. The standard InChI is InChI=1S/C17H23ClN4O.HI/c1-3-14-11-15(23-22-14)12-21-17(19-4-2)20-10-9-13-7-5-6-8-16(13)18;/h5-8,11H,3-4,9-10,12H2,1-2H3,(H2,19,20,21);1H. The van der Waals surface area contributed by atoms with Gasteiger partial charge in [-0.05, 0) is 31.4 Å². The predicted octanol–water partition coefficient (Wildman–Crippen LogP) is 3.81. The van der Waals surface area contributed by atoms with Crippen LogP contribution in [0.25, 0.3) is 0 Å². The van der Waals surface area contributed by atoms with E-state index in [1.54, 1.807) is 0 Å². The number of benzene rings is 1. The molecule has 0 unspecified atom stereocenters. The Morgan fingerprint density at radius 2 is 2.04 bits per heavy atom. The maximum atomic E-state index is 6.16. The van der Waals surface area contributed by atoms with Gasteiger partial charge in [-0.2, -0.15) is 0 Å². The van der Waals surface area contributed by atoms with E-state index in [-0.39, 0.29) is 24.0 Å². The van der Waals surface area contributed by atoms with Crippen LogP contribution in [0.1, 0.15) is 30.9 Å². The first-order valence-corrected chi connectivity index (χ1v) is 8.30. The highest BCUT2D eigenvalue weighted by Crippen LogP contribution is 2.14. The van der Waals surface area contributed by atoms with Crippen molar-refractivity contribution in [2.24, 2.45) is 4.99 Å². The van der Waals surface area contributed by atoms with Crippen LogP contribution >= 0.6 is 35.6 Å². The molecule has 0 spiro atoms. The molecule has 0 fully saturated rings. The van der Waals surface area contributed by atoms with Gasteiger partial charge in [0.25, 0.3) is 0 Å². The van der Waals surface area contributed by atoms with Crippen molar-refractivity contribution < 1.29 is 4.52 Å². The summed E-state index contributed by atoms with van der Waals surface area (Å²) in [7, 11) is 0. The number of nitrogens with zero attached hydrogens (tertiary/aromatic N) is 2. The number of rotatable bonds is 7. The minimum Gasteiger partial charge on any atom is -0.359 e. The molecule has 1 heterocycles. The van der Waals surface area contributed by atoms with Crippen LogP contribution < -0.4 is 10.6 Å². The van der Waals surface area contributed by atoms with Gasteiger partial charge in [-0.25, -0.2) is 4.99 Å². The van der Waals surface area contributed by atoms with E-state index in [1.807, 2.05) is 44.2 Å². The number of hydrogen-bond donors (Lipinski definition) is 2. The van der Waals surface area contributed by atoms with Crippen LogP contribution in [-0.2, 0) is 19.4 Å². The van der Waals surface area contributed by atoms with Gasteiger partial charge in [0, 0.05) is 24.2 Å². The largest absolute Gasteiger partial charge is 0.359 e. The van der Waals surface area contributed by atoms with Gasteiger partial charge in [-0.1, -0.05) is 41.9 Å². The Kier molecular flexibility index (Phi) is 9.78. The molecule has 2 aromatic rings. The van der Waals surface area contributed by atoms with Crippen molar-refractivity contribution in [3.63, 3.8) is 0 Å². The number of nitrogens with one attached hydrogen (secondary N) is 2. The summed E-state index contributed by atoms with van der Waals surface area (Å²) in [6.07, 6.45) is 1.70. The SMILES string of the molecule is CCNC(=NCc1cc(CC)no1)NCCc1ccccc1Cl.I. The maximum absolute atomic E-state index is 6.16. The van der Waals surface area contributed by atoms with E-state index in [1.165, 1.54) is 0 Å². The van der Waals surface area contributed by atoms with Crippen molar-refractivity contribution in [3.8, 4) is 0 Å². The molecule has 0 bridgehead atoms. The monoisotopic (exact) mass is 462 g/mol. The van der Waals surface area contributed by atoms with Crippen molar-refractivity contribution in [1.29, 1.82) is 0 Å². The van der Waals surface area contributed by atoms with Crippen LogP contribution in [0.3, 0.4) is 0 Å². The van der Waals surface area contributed by atoms with Crippen molar-refractivity contribution in [1.82, 2.24) is 15.8 Å². The first kappa shape index (κ1) is 20.8. The van der Waals surface area contributed by atoms with Gasteiger partial charge in [0.15, 0.2) is 11.7 Å². The molecule has 0 aliphatic carbocycles. The Balaban J connectivity index is 0.00000288. The number of guanidine groups is 1. The van der Waals surface area contributed by atoms with Crippen molar-refractivity contribution in [3.05, 3.63) is 52.4 Å². The van der Waals surface area contributed by atoms with E-state index >= 15 is 0 Å². The summed E-state index contributed by atoms with van der Waals surface area (Å²) < 4.78 is 5.24. The van der Waals surface area contributed by atoms with Gasteiger partial charge >= 0.3 is 0 Å². The molecule has 1 aromatic carbocycles. The van der Waals surface area contributed by atoms with Crippen molar-refractivity contribution >= 4 is 41.5 Å². The highest BCUT2D eigenvalue weighted by atomic mass is 127. The lowest BCUT2D eigenvalue weighted by atomic mass is 10.1. The molecule has 132 valence electrons. The topological polar surface area (TPSA) is 62.5 Å². The average molecular weight is 463 g/mol. The van der Waals surface area contributed by atoms with E-state index in [9.17, 15) is 0 Å². The van der Waals surface area contributed by atoms with Gasteiger partial charge in [-0.3, -0.25) is 0 Å². The van der Waals surface area contributed by atoms with Crippen molar-refractivity contribution in [2.45, 2.75) is 33.2 Å². The molecule has 24 heavy (non-hydrogen) atoms. The minimum absolute atomic E-state index is 0. The van der Waals surface area contributed by atoms with E-state index in [0.29, 0.717) is 6.54 Å². The van der Waals surface area contributed by atoms with Gasteiger partial charge in [0.2, 0.25) is 0 Å². The zero-order chi connectivity index (χ0) is 16.5. The van der Waals surface area contributed by atoms with E-state index < -0.39 is 0 Å². The van der Waals surface area contributed by atoms with Crippen molar-refractivity contribution in [2.75, 3.05) is 13.1 Å². The molecular formula is C17H24ClIN4O. The zero-order valence-corrected chi connectivity index (χ0v) is 17.1. The molecule has 0 saturated heterocycles. The van der Waals surface area contributed by atoms with Gasteiger partial charge < -0.3 is 15.2 Å². The predicted molar refractivity (Wildman–Crippen MR) is 109 cm³/mol. The Hall–Kier alpha value is -1.28. The molecule has 0 aliphatic rings. The number of aliphatic imine (C=N–C) groups is 1. The fourth-order valence-electron chi connectivity index (χ4n) is 2.11. The Morgan fingerprint density at radius 1 is 1.25 bits per heavy atom. The smallest absolute Gasteiger partial charge is 0.191 e. The van der Waals surface area contributed by atoms with Gasteiger partial charge in [0.1, 0.15) is 6.54 Å². The Morgan fingerprint density at radius 3 is 2.71 bits per heavy atom. The summed E-state index contributed by atoms with van der Waals surface area (Å²) in [5, 5.41) is 11.3. The quantitative estimate of drug-likeness (QED) is 0.373. The number of hydrogen-bond acceptors (Lipinski definition) is 3. The molecule has 0 amide bonds. The molecule has 1 aromatic heterocycles. The number of halogens is 2. The minimum atomic E-state index is 0. The third-order valence-corrected chi connectivity index (χ3v) is 3.72. The highest BCUT2D eigenvalue weighted by molar-refractivity contribution is 14.0. The Bertz CT molecular complexity index is 645. The van der Waals surface area contributed by atoms with Gasteiger partial charge in [-0.15, -0.1) is 24.0 Å². The third kappa shape index (κ3) is 6.68. The second-order valence-corrected chi connectivity index (χ2v) is 5.51. The fourth-order valence-corrected chi connectivity index (χ4v) is 2.34. The molecule has 5 nitrogen and oxygen atoms in total. The van der Waals surface area contributed by atoms with Crippen LogP contribution in [0.5, 0.6) is 0 Å². The first-order chi connectivity index (χ1) is 11.2. The Labute approximate surface area is 165 Å². The molecule has 0 radical (unpaired) electrons. The maximum Gasteiger partial charge on any atom is 0.191 e. The van der Waals surface area contributed by atoms with E-state index in [0.717, 1.165) is 53.9 Å². The molecule has 2 N–H and O–H groups in total. The summed E-state index contributed by atoms with van der Waals surface area (Å²) in [5.74, 6) is 1.53. The fraction of sp³-hybridized carbons (Fsp3) is 0.412. The van der Waals surface area contributed by atoms with Crippen LogP contribution in [-0.4, -0.2) is 24.2 Å².